The van der Waals surface area contributed by atoms with Crippen LogP contribution in [0.5, 0.6) is 0 Å². The summed E-state index contributed by atoms with van der Waals surface area (Å²) in [5, 5.41) is 0. The highest BCUT2D eigenvalue weighted by Gasteiger charge is 2.56. The molecule has 4 atom stereocenters. The molecule has 0 aromatic heterocycles. The number of hydrogen-bond acceptors (Lipinski definition) is 3. The molecule has 1 saturated heterocycles. The van der Waals surface area contributed by atoms with Gasteiger partial charge in [-0.2, -0.15) is 0 Å². The van der Waals surface area contributed by atoms with Crippen LogP contribution in [0.3, 0.4) is 0 Å². The smallest absolute Gasteiger partial charge is 0.145 e. The van der Waals surface area contributed by atoms with Gasteiger partial charge in [0.05, 0.1) is 17.1 Å². The van der Waals surface area contributed by atoms with Crippen molar-refractivity contribution < 1.29 is 14.3 Å². The van der Waals surface area contributed by atoms with Crippen LogP contribution in [0, 0.1) is 11.8 Å². The van der Waals surface area contributed by atoms with Gasteiger partial charge in [0.15, 0.2) is 0 Å². The molecule has 82 valence electrons. The highest BCUT2D eigenvalue weighted by atomic mass is 16.5. The van der Waals surface area contributed by atoms with Crippen LogP contribution < -0.4 is 0 Å². The fraction of sp³-hybridized carbons (Fsp3) is 0.667. The first-order valence-electron chi connectivity index (χ1n) is 5.31. The first-order chi connectivity index (χ1) is 6.93. The molecule has 0 aromatic carbocycles. The van der Waals surface area contributed by atoms with Crippen LogP contribution >= 0.6 is 0 Å². The van der Waals surface area contributed by atoms with E-state index in [1.807, 2.05) is 32.9 Å². The standard InChI is InChI=1S/C12H16O3/c1-8-10(14)9(4-7-13)12(3)6-5-11(8,2)15-12/h5-9H,4H2,1-3H3/t8-,9+,11-,12+/m1/s1. The number of fused-ring (bicyclic) bond motifs is 2. The van der Waals surface area contributed by atoms with Crippen LogP contribution in [-0.4, -0.2) is 23.3 Å². The summed E-state index contributed by atoms with van der Waals surface area (Å²) in [5.74, 6) is -0.352. The Hall–Kier alpha value is -0.960. The molecule has 2 rings (SSSR count). The van der Waals surface area contributed by atoms with Crippen molar-refractivity contribution in [3.63, 3.8) is 0 Å². The second kappa shape index (κ2) is 3.01. The molecule has 2 heterocycles. The van der Waals surface area contributed by atoms with E-state index in [2.05, 4.69) is 0 Å². The van der Waals surface area contributed by atoms with E-state index in [9.17, 15) is 9.59 Å². The van der Waals surface area contributed by atoms with E-state index in [0.29, 0.717) is 0 Å². The molecule has 0 radical (unpaired) electrons. The van der Waals surface area contributed by atoms with Gasteiger partial charge in [0.1, 0.15) is 12.1 Å². The lowest BCUT2D eigenvalue weighted by atomic mass is 9.74. The molecule has 1 fully saturated rings. The molecule has 2 aliphatic rings. The van der Waals surface area contributed by atoms with Gasteiger partial charge in [0, 0.05) is 12.3 Å². The van der Waals surface area contributed by atoms with Crippen molar-refractivity contribution in [3.05, 3.63) is 12.2 Å². The minimum Gasteiger partial charge on any atom is -0.359 e. The van der Waals surface area contributed by atoms with Gasteiger partial charge < -0.3 is 9.53 Å². The molecule has 0 aromatic rings. The SMILES string of the molecule is C[C@@H]1C(=O)[C@H](CC=O)[C@]2(C)C=C[C@@]1(C)O2. The van der Waals surface area contributed by atoms with Gasteiger partial charge in [-0.1, -0.05) is 19.1 Å². The van der Waals surface area contributed by atoms with Crippen LogP contribution in [0.1, 0.15) is 27.2 Å². The van der Waals surface area contributed by atoms with Crippen molar-refractivity contribution in [2.45, 2.75) is 38.4 Å². The lowest BCUT2D eigenvalue weighted by Crippen LogP contribution is -2.54. The minimum absolute atomic E-state index is 0.142. The lowest BCUT2D eigenvalue weighted by Gasteiger charge is -2.44. The molecule has 0 aliphatic carbocycles. The van der Waals surface area contributed by atoms with E-state index in [4.69, 9.17) is 4.74 Å². The van der Waals surface area contributed by atoms with Crippen molar-refractivity contribution in [3.8, 4) is 0 Å². The maximum atomic E-state index is 12.1. The Kier molecular flexibility index (Phi) is 2.12. The summed E-state index contributed by atoms with van der Waals surface area (Å²) >= 11 is 0. The number of carbonyl (C=O) groups is 2. The molecule has 0 unspecified atom stereocenters. The molecular weight excluding hydrogens is 192 g/mol. The molecular formula is C12H16O3. The monoisotopic (exact) mass is 208 g/mol. The van der Waals surface area contributed by atoms with Gasteiger partial charge in [-0.15, -0.1) is 0 Å². The highest BCUT2D eigenvalue weighted by Crippen LogP contribution is 2.47. The summed E-state index contributed by atoms with van der Waals surface area (Å²) in [6.07, 6.45) is 4.95. The summed E-state index contributed by atoms with van der Waals surface area (Å²) in [4.78, 5) is 22.7. The summed E-state index contributed by atoms with van der Waals surface area (Å²) in [6.45, 7) is 5.68. The maximum absolute atomic E-state index is 12.1. The topological polar surface area (TPSA) is 43.4 Å². The number of ether oxygens (including phenoxy) is 1. The lowest BCUT2D eigenvalue weighted by molar-refractivity contribution is -0.178. The predicted octanol–water partition coefficient (Wildman–Crippen LogP) is 1.51. The van der Waals surface area contributed by atoms with Crippen LogP contribution in [-0.2, 0) is 14.3 Å². The fourth-order valence-corrected chi connectivity index (χ4v) is 2.61. The summed E-state index contributed by atoms with van der Waals surface area (Å²) in [7, 11) is 0. The van der Waals surface area contributed by atoms with Gasteiger partial charge in [-0.25, -0.2) is 0 Å². The number of ketones is 1. The first kappa shape index (κ1) is 10.6. The third-order valence-electron chi connectivity index (χ3n) is 3.84. The zero-order valence-corrected chi connectivity index (χ0v) is 9.32. The van der Waals surface area contributed by atoms with Crippen LogP contribution in [0.25, 0.3) is 0 Å². The van der Waals surface area contributed by atoms with Gasteiger partial charge >= 0.3 is 0 Å². The molecule has 2 bridgehead atoms. The van der Waals surface area contributed by atoms with Crippen molar-refractivity contribution in [2.24, 2.45) is 11.8 Å². The number of aldehydes is 1. The van der Waals surface area contributed by atoms with E-state index in [-0.39, 0.29) is 24.0 Å². The molecule has 0 N–H and O–H groups in total. The number of Topliss-reactive ketones (excluding diaryl/α,β-unsaturated/α-hetero) is 1. The zero-order valence-electron chi connectivity index (χ0n) is 9.32. The van der Waals surface area contributed by atoms with Crippen LogP contribution in [0.15, 0.2) is 12.2 Å². The van der Waals surface area contributed by atoms with E-state index in [1.165, 1.54) is 0 Å². The maximum Gasteiger partial charge on any atom is 0.145 e. The summed E-state index contributed by atoms with van der Waals surface area (Å²) in [6, 6.07) is 0. The quantitative estimate of drug-likeness (QED) is 0.510. The fourth-order valence-electron chi connectivity index (χ4n) is 2.61. The Morgan fingerprint density at radius 3 is 2.60 bits per heavy atom. The molecule has 3 heteroatoms. The molecule has 2 aliphatic heterocycles. The molecule has 0 spiro atoms. The summed E-state index contributed by atoms with van der Waals surface area (Å²) < 4.78 is 5.93. The Balaban J connectivity index is 2.40. The van der Waals surface area contributed by atoms with E-state index >= 15 is 0 Å². The Morgan fingerprint density at radius 2 is 2.00 bits per heavy atom. The number of rotatable bonds is 2. The minimum atomic E-state index is -0.584. The Bertz CT molecular complexity index is 347. The predicted molar refractivity (Wildman–Crippen MR) is 55.4 cm³/mol. The average Bonchev–Trinajstić information content (AvgIpc) is 2.48. The van der Waals surface area contributed by atoms with Crippen molar-refractivity contribution in [1.82, 2.24) is 0 Å². The second-order valence-electron chi connectivity index (χ2n) is 4.88. The van der Waals surface area contributed by atoms with E-state index in [0.717, 1.165) is 6.29 Å². The van der Waals surface area contributed by atoms with Gasteiger partial charge in [-0.05, 0) is 13.8 Å². The van der Waals surface area contributed by atoms with E-state index < -0.39 is 11.2 Å². The Labute approximate surface area is 89.5 Å². The number of hydrogen-bond donors (Lipinski definition) is 0. The molecule has 0 amide bonds. The molecule has 3 nitrogen and oxygen atoms in total. The third-order valence-corrected chi connectivity index (χ3v) is 3.84. The normalized spacial score (nSPS) is 48.3. The molecule has 15 heavy (non-hydrogen) atoms. The highest BCUT2D eigenvalue weighted by molar-refractivity contribution is 5.89. The van der Waals surface area contributed by atoms with Crippen LogP contribution in [0.2, 0.25) is 0 Å². The molecule has 0 saturated carbocycles. The zero-order chi connectivity index (χ0) is 11.3. The second-order valence-corrected chi connectivity index (χ2v) is 4.88. The largest absolute Gasteiger partial charge is 0.359 e. The van der Waals surface area contributed by atoms with Crippen LogP contribution in [0.4, 0.5) is 0 Å². The van der Waals surface area contributed by atoms with E-state index in [1.54, 1.807) is 0 Å². The van der Waals surface area contributed by atoms with Gasteiger partial charge in [-0.3, -0.25) is 4.79 Å². The van der Waals surface area contributed by atoms with Crippen molar-refractivity contribution in [1.29, 1.82) is 0 Å². The van der Waals surface area contributed by atoms with Gasteiger partial charge in [0.2, 0.25) is 0 Å². The first-order valence-corrected chi connectivity index (χ1v) is 5.31. The van der Waals surface area contributed by atoms with Gasteiger partial charge in [0.25, 0.3) is 0 Å². The van der Waals surface area contributed by atoms with Crippen molar-refractivity contribution >= 4 is 12.1 Å². The average molecular weight is 208 g/mol. The van der Waals surface area contributed by atoms with Crippen molar-refractivity contribution in [2.75, 3.05) is 0 Å². The third kappa shape index (κ3) is 1.29. The number of carbonyl (C=O) groups excluding carboxylic acids is 2. The summed E-state index contributed by atoms with van der Waals surface area (Å²) in [5.41, 5.74) is -1.07. The Morgan fingerprint density at radius 1 is 1.40 bits per heavy atom.